The molecule has 1 atom stereocenters. The van der Waals surface area contributed by atoms with Gasteiger partial charge in [0.1, 0.15) is 0 Å². The Hall–Kier alpha value is -2.16. The van der Waals surface area contributed by atoms with Crippen LogP contribution in [-0.4, -0.2) is 17.9 Å². The first-order valence-electron chi connectivity index (χ1n) is 6.15. The van der Waals surface area contributed by atoms with E-state index in [4.69, 9.17) is 4.74 Å². The topological polar surface area (TPSA) is 43.4 Å². The first kappa shape index (κ1) is 14.9. The molecule has 100 valence electrons. The number of esters is 1. The molecular formula is C16H18O3. The fraction of sp³-hybridized carbons (Fsp3) is 0.250. The number of carbonyl (C=O) groups is 2. The largest absolute Gasteiger partial charge is 0.451 e. The van der Waals surface area contributed by atoms with Gasteiger partial charge in [-0.1, -0.05) is 48.1 Å². The lowest BCUT2D eigenvalue weighted by molar-refractivity contribution is -0.140. The van der Waals surface area contributed by atoms with Crippen molar-refractivity contribution in [3.63, 3.8) is 0 Å². The lowest BCUT2D eigenvalue weighted by atomic mass is 10.1. The Morgan fingerprint density at radius 3 is 2.37 bits per heavy atom. The van der Waals surface area contributed by atoms with Crippen molar-refractivity contribution in [3.8, 4) is 0 Å². The second-order valence-corrected chi connectivity index (χ2v) is 4.19. The van der Waals surface area contributed by atoms with Gasteiger partial charge in [0.25, 0.3) is 0 Å². The molecule has 0 aliphatic heterocycles. The molecule has 0 heterocycles. The third-order valence-electron chi connectivity index (χ3n) is 2.53. The number of rotatable bonds is 5. The zero-order valence-electron chi connectivity index (χ0n) is 11.4. The zero-order valence-corrected chi connectivity index (χ0v) is 11.4. The summed E-state index contributed by atoms with van der Waals surface area (Å²) in [5.74, 6) is -0.723. The number of Topliss-reactive ketones (excluding diaryl/α,β-unsaturated/α-hetero) is 1. The molecule has 0 aliphatic rings. The number of aryl methyl sites for hydroxylation is 1. The Bertz CT molecular complexity index is 495. The molecule has 1 aromatic carbocycles. The molecule has 0 bridgehead atoms. The highest BCUT2D eigenvalue weighted by Crippen LogP contribution is 2.08. The van der Waals surface area contributed by atoms with Gasteiger partial charge in [0.2, 0.25) is 5.78 Å². The third kappa shape index (κ3) is 4.92. The van der Waals surface area contributed by atoms with Crippen LogP contribution in [0.4, 0.5) is 0 Å². The molecule has 0 aliphatic carbocycles. The van der Waals surface area contributed by atoms with Gasteiger partial charge in [0, 0.05) is 11.6 Å². The average molecular weight is 258 g/mol. The van der Waals surface area contributed by atoms with Crippen LogP contribution < -0.4 is 0 Å². The molecule has 1 unspecified atom stereocenters. The van der Waals surface area contributed by atoms with Crippen LogP contribution in [0.3, 0.4) is 0 Å². The van der Waals surface area contributed by atoms with Gasteiger partial charge >= 0.3 is 5.97 Å². The van der Waals surface area contributed by atoms with Crippen molar-refractivity contribution < 1.29 is 14.3 Å². The Labute approximate surface area is 113 Å². The van der Waals surface area contributed by atoms with Gasteiger partial charge in [0.15, 0.2) is 6.10 Å². The van der Waals surface area contributed by atoms with E-state index in [1.807, 2.05) is 26.0 Å². The molecule has 0 amide bonds. The maximum atomic E-state index is 12.0. The number of carbonyl (C=O) groups excluding carboxylic acids is 2. The molecule has 0 radical (unpaired) electrons. The lowest BCUT2D eigenvalue weighted by Gasteiger charge is -2.10. The van der Waals surface area contributed by atoms with Crippen LogP contribution in [0.5, 0.6) is 0 Å². The van der Waals surface area contributed by atoms with Gasteiger partial charge < -0.3 is 4.74 Å². The summed E-state index contributed by atoms with van der Waals surface area (Å²) in [5.41, 5.74) is 1.62. The Morgan fingerprint density at radius 1 is 1.16 bits per heavy atom. The molecule has 0 saturated carbocycles. The maximum Gasteiger partial charge on any atom is 0.331 e. The SMILES string of the molecule is C/C=C/C=C/C(=O)OC(C)C(=O)c1ccc(C)cc1. The number of benzene rings is 1. The summed E-state index contributed by atoms with van der Waals surface area (Å²) in [6.45, 7) is 5.37. The minimum absolute atomic E-state index is 0.201. The standard InChI is InChI=1S/C16H18O3/c1-4-5-6-7-15(17)19-13(3)16(18)14-10-8-12(2)9-11-14/h4-11,13H,1-3H3/b5-4+,7-6+. The summed E-state index contributed by atoms with van der Waals surface area (Å²) in [6.07, 6.45) is 5.59. The third-order valence-corrected chi connectivity index (χ3v) is 2.53. The van der Waals surface area contributed by atoms with Crippen molar-refractivity contribution >= 4 is 11.8 Å². The van der Waals surface area contributed by atoms with Gasteiger partial charge in [-0.05, 0) is 20.8 Å². The second kappa shape index (κ2) is 7.31. The first-order valence-corrected chi connectivity index (χ1v) is 6.15. The summed E-state index contributed by atoms with van der Waals surface area (Å²) in [5, 5.41) is 0. The van der Waals surface area contributed by atoms with Crippen LogP contribution in [0, 0.1) is 6.92 Å². The fourth-order valence-electron chi connectivity index (χ4n) is 1.46. The summed E-state index contributed by atoms with van der Waals surface area (Å²) < 4.78 is 5.03. The van der Waals surface area contributed by atoms with Gasteiger partial charge in [-0.2, -0.15) is 0 Å². The Kier molecular flexibility index (Phi) is 5.73. The van der Waals surface area contributed by atoms with E-state index in [-0.39, 0.29) is 5.78 Å². The number of allylic oxidation sites excluding steroid dienone is 3. The van der Waals surface area contributed by atoms with Gasteiger partial charge in [-0.3, -0.25) is 4.79 Å². The highest BCUT2D eigenvalue weighted by Gasteiger charge is 2.18. The highest BCUT2D eigenvalue weighted by atomic mass is 16.5. The van der Waals surface area contributed by atoms with Crippen LogP contribution in [-0.2, 0) is 9.53 Å². The van der Waals surface area contributed by atoms with E-state index in [2.05, 4.69) is 0 Å². The monoisotopic (exact) mass is 258 g/mol. The molecule has 3 heteroatoms. The van der Waals surface area contributed by atoms with E-state index in [1.54, 1.807) is 37.3 Å². The second-order valence-electron chi connectivity index (χ2n) is 4.19. The van der Waals surface area contributed by atoms with Crippen LogP contribution in [0.25, 0.3) is 0 Å². The van der Waals surface area contributed by atoms with Crippen molar-refractivity contribution in [2.24, 2.45) is 0 Å². The molecule has 3 nitrogen and oxygen atoms in total. The van der Waals surface area contributed by atoms with Gasteiger partial charge in [0.05, 0.1) is 0 Å². The first-order chi connectivity index (χ1) is 9.04. The van der Waals surface area contributed by atoms with E-state index in [0.717, 1.165) is 5.56 Å². The number of ketones is 1. The van der Waals surface area contributed by atoms with Crippen LogP contribution >= 0.6 is 0 Å². The quantitative estimate of drug-likeness (QED) is 0.352. The van der Waals surface area contributed by atoms with Crippen LogP contribution in [0.15, 0.2) is 48.6 Å². The minimum atomic E-state index is -0.787. The van der Waals surface area contributed by atoms with Crippen molar-refractivity contribution in [1.82, 2.24) is 0 Å². The van der Waals surface area contributed by atoms with E-state index < -0.39 is 12.1 Å². The smallest absolute Gasteiger partial charge is 0.331 e. The van der Waals surface area contributed by atoms with Gasteiger partial charge in [-0.15, -0.1) is 0 Å². The minimum Gasteiger partial charge on any atom is -0.451 e. The average Bonchev–Trinajstić information content (AvgIpc) is 2.39. The zero-order chi connectivity index (χ0) is 14.3. The Morgan fingerprint density at radius 2 is 1.79 bits per heavy atom. The molecular weight excluding hydrogens is 240 g/mol. The van der Waals surface area contributed by atoms with Crippen molar-refractivity contribution in [2.45, 2.75) is 26.9 Å². The molecule has 0 spiro atoms. The molecule has 0 aromatic heterocycles. The Balaban J connectivity index is 2.62. The normalized spacial score (nSPS) is 12.8. The molecule has 0 saturated heterocycles. The van der Waals surface area contributed by atoms with Crippen LogP contribution in [0.2, 0.25) is 0 Å². The summed E-state index contributed by atoms with van der Waals surface area (Å²) in [7, 11) is 0. The van der Waals surface area contributed by atoms with Crippen LogP contribution in [0.1, 0.15) is 29.8 Å². The van der Waals surface area contributed by atoms with Crippen molar-refractivity contribution in [1.29, 1.82) is 0 Å². The van der Waals surface area contributed by atoms with Crippen molar-refractivity contribution in [3.05, 3.63) is 59.7 Å². The van der Waals surface area contributed by atoms with E-state index in [1.165, 1.54) is 6.08 Å². The summed E-state index contributed by atoms with van der Waals surface area (Å²) in [4.78, 5) is 23.4. The fourth-order valence-corrected chi connectivity index (χ4v) is 1.46. The number of ether oxygens (including phenoxy) is 1. The molecule has 1 aromatic rings. The predicted molar refractivity (Wildman–Crippen MR) is 75.0 cm³/mol. The molecule has 0 fully saturated rings. The molecule has 19 heavy (non-hydrogen) atoms. The highest BCUT2D eigenvalue weighted by molar-refractivity contribution is 6.00. The molecule has 0 N–H and O–H groups in total. The summed E-state index contributed by atoms with van der Waals surface area (Å²) >= 11 is 0. The van der Waals surface area contributed by atoms with E-state index in [9.17, 15) is 9.59 Å². The maximum absolute atomic E-state index is 12.0. The van der Waals surface area contributed by atoms with Crippen molar-refractivity contribution in [2.75, 3.05) is 0 Å². The molecule has 1 rings (SSSR count). The van der Waals surface area contributed by atoms with Gasteiger partial charge in [-0.25, -0.2) is 4.79 Å². The van der Waals surface area contributed by atoms with E-state index >= 15 is 0 Å². The lowest BCUT2D eigenvalue weighted by Crippen LogP contribution is -2.23. The number of hydrogen-bond acceptors (Lipinski definition) is 3. The summed E-state index contributed by atoms with van der Waals surface area (Å²) in [6, 6.07) is 7.18. The van der Waals surface area contributed by atoms with E-state index in [0.29, 0.717) is 5.56 Å². The number of hydrogen-bond donors (Lipinski definition) is 0. The predicted octanol–water partition coefficient (Wildman–Crippen LogP) is 3.24.